The molecule has 1 saturated carbocycles. The van der Waals surface area contributed by atoms with Gasteiger partial charge in [0.2, 0.25) is 21.8 Å². The first kappa shape index (κ1) is 34.5. The Hall–Kier alpha value is -2.99. The molecule has 0 radical (unpaired) electrons. The van der Waals surface area contributed by atoms with Crippen LogP contribution >= 0.6 is 0 Å². The Bertz CT molecular complexity index is 1270. The average Bonchev–Trinajstić information content (AvgIpc) is 3.82. The highest BCUT2D eigenvalue weighted by molar-refractivity contribution is 7.89. The molecular weight excluding hydrogens is 568 g/mol. The highest BCUT2D eigenvalue weighted by atomic mass is 32.2. The van der Waals surface area contributed by atoms with E-state index in [0.29, 0.717) is 18.2 Å². The lowest BCUT2D eigenvalue weighted by molar-refractivity contribution is -0.131. The highest BCUT2D eigenvalue weighted by Crippen LogP contribution is 2.22. The van der Waals surface area contributed by atoms with Crippen LogP contribution in [0.25, 0.3) is 0 Å². The number of nitrogens with zero attached hydrogens (tertiary/aromatic N) is 1. The number of nitrogens with one attached hydrogen (secondary N) is 3. The van der Waals surface area contributed by atoms with Crippen LogP contribution in [0.4, 0.5) is 0 Å². The Morgan fingerprint density at radius 2 is 1.65 bits per heavy atom. The van der Waals surface area contributed by atoms with Gasteiger partial charge in [0.05, 0.1) is 30.7 Å². The molecule has 10 nitrogen and oxygen atoms in total. The van der Waals surface area contributed by atoms with E-state index in [9.17, 15) is 23.1 Å². The molecule has 2 amide bonds. The van der Waals surface area contributed by atoms with Gasteiger partial charge >= 0.3 is 0 Å². The second-order valence-electron chi connectivity index (χ2n) is 11.8. The summed E-state index contributed by atoms with van der Waals surface area (Å²) in [7, 11) is -2.46. The molecule has 3 rings (SSSR count). The van der Waals surface area contributed by atoms with Gasteiger partial charge in [0.1, 0.15) is 11.8 Å². The van der Waals surface area contributed by atoms with E-state index in [0.717, 1.165) is 18.4 Å². The third-order valence-electron chi connectivity index (χ3n) is 7.69. The van der Waals surface area contributed by atoms with Crippen molar-refractivity contribution in [1.82, 2.24) is 20.3 Å². The predicted molar refractivity (Wildman–Crippen MR) is 167 cm³/mol. The lowest BCUT2D eigenvalue weighted by atomic mass is 9.96. The highest BCUT2D eigenvalue weighted by Gasteiger charge is 2.34. The maximum absolute atomic E-state index is 13.7. The molecule has 0 aliphatic heterocycles. The molecule has 0 heterocycles. The number of rotatable bonds is 18. The maximum Gasteiger partial charge on any atom is 0.243 e. The zero-order valence-electron chi connectivity index (χ0n) is 26.0. The molecule has 43 heavy (non-hydrogen) atoms. The third-order valence-corrected chi connectivity index (χ3v) is 9.53. The minimum Gasteiger partial charge on any atom is -0.497 e. The molecule has 1 fully saturated rings. The van der Waals surface area contributed by atoms with Gasteiger partial charge < -0.3 is 25.8 Å². The lowest BCUT2D eigenvalue weighted by Crippen LogP contribution is -2.57. The van der Waals surface area contributed by atoms with Crippen LogP contribution in [0.15, 0.2) is 59.5 Å². The molecule has 1 aliphatic carbocycles. The summed E-state index contributed by atoms with van der Waals surface area (Å²) < 4.78 is 33.9. The van der Waals surface area contributed by atoms with Crippen molar-refractivity contribution in [1.29, 1.82) is 0 Å². The number of ether oxygens (including phenoxy) is 1. The number of carbonyl (C=O) groups is 2. The molecule has 4 atom stereocenters. The monoisotopic (exact) mass is 616 g/mol. The van der Waals surface area contributed by atoms with Crippen molar-refractivity contribution in [2.75, 3.05) is 26.7 Å². The fraction of sp³-hybridized carbons (Fsp3) is 0.562. The quantitative estimate of drug-likeness (QED) is 0.202. The Labute approximate surface area is 256 Å². The van der Waals surface area contributed by atoms with E-state index < -0.39 is 34.1 Å². The van der Waals surface area contributed by atoms with Crippen molar-refractivity contribution in [3.05, 3.63) is 60.2 Å². The van der Waals surface area contributed by atoms with Crippen LogP contribution in [0.1, 0.15) is 52.5 Å². The van der Waals surface area contributed by atoms with Gasteiger partial charge in [0, 0.05) is 19.1 Å². The van der Waals surface area contributed by atoms with Gasteiger partial charge in [0.25, 0.3) is 0 Å². The van der Waals surface area contributed by atoms with E-state index in [2.05, 4.69) is 16.0 Å². The number of amides is 2. The van der Waals surface area contributed by atoms with Crippen molar-refractivity contribution >= 4 is 21.8 Å². The van der Waals surface area contributed by atoms with Gasteiger partial charge in [-0.15, -0.1) is 0 Å². The van der Waals surface area contributed by atoms with Crippen LogP contribution in [-0.4, -0.2) is 80.6 Å². The minimum atomic E-state index is -3.97. The summed E-state index contributed by atoms with van der Waals surface area (Å²) in [5, 5.41) is 20.6. The molecule has 2 aromatic rings. The lowest BCUT2D eigenvalue weighted by Gasteiger charge is -2.32. The van der Waals surface area contributed by atoms with Crippen LogP contribution in [0.5, 0.6) is 5.75 Å². The van der Waals surface area contributed by atoms with Crippen molar-refractivity contribution in [2.45, 2.75) is 82.5 Å². The van der Waals surface area contributed by atoms with E-state index >= 15 is 0 Å². The van der Waals surface area contributed by atoms with E-state index in [-0.39, 0.29) is 48.7 Å². The Morgan fingerprint density at radius 3 is 2.21 bits per heavy atom. The minimum absolute atomic E-state index is 0.0170. The largest absolute Gasteiger partial charge is 0.497 e. The third kappa shape index (κ3) is 10.6. The summed E-state index contributed by atoms with van der Waals surface area (Å²) in [5.74, 6) is -0.320. The topological polar surface area (TPSA) is 137 Å². The second kappa shape index (κ2) is 16.2. The second-order valence-corrected chi connectivity index (χ2v) is 13.8. The van der Waals surface area contributed by atoms with E-state index in [1.165, 1.54) is 23.5 Å². The Balaban J connectivity index is 1.84. The summed E-state index contributed by atoms with van der Waals surface area (Å²) >= 11 is 0. The van der Waals surface area contributed by atoms with E-state index in [1.807, 2.05) is 58.0 Å². The van der Waals surface area contributed by atoms with Gasteiger partial charge in [-0.05, 0) is 60.9 Å². The number of methoxy groups -OCH3 is 1. The summed E-state index contributed by atoms with van der Waals surface area (Å²) in [6, 6.07) is 14.3. The molecule has 0 bridgehead atoms. The molecule has 4 N–H and O–H groups in total. The summed E-state index contributed by atoms with van der Waals surface area (Å²) in [5.41, 5.74) is 0.873. The fourth-order valence-corrected chi connectivity index (χ4v) is 6.41. The van der Waals surface area contributed by atoms with Gasteiger partial charge in [-0.2, -0.15) is 4.31 Å². The number of aliphatic hydroxyl groups excluding tert-OH is 1. The number of hydrogen-bond donors (Lipinski definition) is 4. The van der Waals surface area contributed by atoms with Crippen molar-refractivity contribution in [3.63, 3.8) is 0 Å². The molecule has 2 unspecified atom stereocenters. The average molecular weight is 617 g/mol. The van der Waals surface area contributed by atoms with Crippen LogP contribution in [0.2, 0.25) is 0 Å². The number of benzene rings is 2. The van der Waals surface area contributed by atoms with Crippen LogP contribution < -0.4 is 20.7 Å². The summed E-state index contributed by atoms with van der Waals surface area (Å²) in [6.45, 7) is 7.74. The van der Waals surface area contributed by atoms with Crippen molar-refractivity contribution in [2.24, 2.45) is 11.8 Å². The molecule has 1 aliphatic rings. The first-order valence-corrected chi connectivity index (χ1v) is 16.6. The zero-order valence-corrected chi connectivity index (χ0v) is 26.8. The molecule has 238 valence electrons. The SMILES string of the molecule is CCC(C)[C@H](NC(=O)CNC1CC1)C(=O)NC(Cc1ccccc1)[C@H](O)CN(CC(C)C)S(=O)(=O)c1ccc(OC)cc1. The van der Waals surface area contributed by atoms with Gasteiger partial charge in [-0.3, -0.25) is 9.59 Å². The van der Waals surface area contributed by atoms with Gasteiger partial charge in [-0.1, -0.05) is 64.4 Å². The standard InChI is InChI=1S/C32H48N4O6S/c1-6-23(4)31(35-30(38)19-33-25-12-13-25)32(39)34-28(18-24-10-8-7-9-11-24)29(37)21-36(20-22(2)3)43(40,41)27-16-14-26(42-5)15-17-27/h7-11,14-17,22-23,25,28-29,31,33,37H,6,12-13,18-21H2,1-5H3,(H,34,39)(H,35,38)/t23?,28?,29-,31+/m1/s1. The van der Waals surface area contributed by atoms with Gasteiger partial charge in [-0.25, -0.2) is 8.42 Å². The normalized spacial score (nSPS) is 16.4. The summed E-state index contributed by atoms with van der Waals surface area (Å²) in [4.78, 5) is 26.4. The first-order chi connectivity index (χ1) is 20.4. The van der Waals surface area contributed by atoms with Crippen molar-refractivity contribution in [3.8, 4) is 5.75 Å². The molecule has 0 spiro atoms. The number of aliphatic hydroxyl groups is 1. The Kier molecular flexibility index (Phi) is 13.0. The maximum atomic E-state index is 13.7. The predicted octanol–water partition coefficient (Wildman–Crippen LogP) is 2.71. The number of carbonyl (C=O) groups excluding carboxylic acids is 2. The molecule has 0 aromatic heterocycles. The molecule has 11 heteroatoms. The van der Waals surface area contributed by atoms with Crippen LogP contribution in [0.3, 0.4) is 0 Å². The van der Waals surface area contributed by atoms with Crippen LogP contribution in [-0.2, 0) is 26.0 Å². The van der Waals surface area contributed by atoms with Crippen molar-refractivity contribution < 1.29 is 27.9 Å². The Morgan fingerprint density at radius 1 is 1.00 bits per heavy atom. The zero-order chi connectivity index (χ0) is 31.6. The molecular formula is C32H48N4O6S. The van der Waals surface area contributed by atoms with Crippen LogP contribution in [0, 0.1) is 11.8 Å². The smallest absolute Gasteiger partial charge is 0.243 e. The van der Waals surface area contributed by atoms with E-state index in [4.69, 9.17) is 4.74 Å². The first-order valence-electron chi connectivity index (χ1n) is 15.1. The number of hydrogen-bond acceptors (Lipinski definition) is 7. The fourth-order valence-electron chi connectivity index (χ4n) is 4.79. The van der Waals surface area contributed by atoms with E-state index in [1.54, 1.807) is 12.1 Å². The molecule has 0 saturated heterocycles. The number of sulfonamides is 1. The summed E-state index contributed by atoms with van der Waals surface area (Å²) in [6.07, 6.45) is 1.78. The van der Waals surface area contributed by atoms with Gasteiger partial charge in [0.15, 0.2) is 0 Å². The molecule has 2 aromatic carbocycles.